The van der Waals surface area contributed by atoms with Crippen LogP contribution in [0.15, 0.2) is 30.5 Å². The van der Waals surface area contributed by atoms with E-state index in [0.29, 0.717) is 6.42 Å². The maximum atomic E-state index is 12.5. The number of nitrogens with zero attached hydrogens (tertiary/aromatic N) is 1. The SMILES string of the molecule is CCCCn1cc(C(=O)CCCCCBr)c2ccccc21. The summed E-state index contributed by atoms with van der Waals surface area (Å²) in [5, 5.41) is 2.14. The Morgan fingerprint density at radius 1 is 1.14 bits per heavy atom. The predicted octanol–water partition coefficient (Wildman–Crippen LogP) is 5.58. The molecular weight excluding hydrogens is 326 g/mol. The highest BCUT2D eigenvalue weighted by Crippen LogP contribution is 2.23. The molecule has 114 valence electrons. The van der Waals surface area contributed by atoms with E-state index in [1.807, 2.05) is 6.07 Å². The molecule has 21 heavy (non-hydrogen) atoms. The van der Waals surface area contributed by atoms with Gasteiger partial charge in [0.1, 0.15) is 0 Å². The number of rotatable bonds is 9. The van der Waals surface area contributed by atoms with Crippen molar-refractivity contribution in [1.82, 2.24) is 4.57 Å². The molecule has 0 fully saturated rings. The van der Waals surface area contributed by atoms with E-state index in [-0.39, 0.29) is 5.78 Å². The molecular formula is C18H24BrNO. The van der Waals surface area contributed by atoms with Gasteiger partial charge in [-0.05, 0) is 25.3 Å². The lowest BCUT2D eigenvalue weighted by atomic mass is 10.0. The Balaban J connectivity index is 2.16. The minimum Gasteiger partial charge on any atom is -0.347 e. The van der Waals surface area contributed by atoms with Gasteiger partial charge in [0, 0.05) is 41.0 Å². The molecule has 0 saturated carbocycles. The first-order chi connectivity index (χ1) is 10.3. The number of fused-ring (bicyclic) bond motifs is 1. The van der Waals surface area contributed by atoms with Crippen LogP contribution in [0.1, 0.15) is 55.8 Å². The van der Waals surface area contributed by atoms with E-state index < -0.39 is 0 Å². The van der Waals surface area contributed by atoms with E-state index in [2.05, 4.69) is 51.8 Å². The van der Waals surface area contributed by atoms with Crippen molar-refractivity contribution in [3.63, 3.8) is 0 Å². The minimum absolute atomic E-state index is 0.288. The Morgan fingerprint density at radius 3 is 2.71 bits per heavy atom. The van der Waals surface area contributed by atoms with Crippen molar-refractivity contribution in [2.24, 2.45) is 0 Å². The van der Waals surface area contributed by atoms with Crippen molar-refractivity contribution >= 4 is 32.6 Å². The number of carbonyl (C=O) groups excluding carboxylic acids is 1. The van der Waals surface area contributed by atoms with Crippen molar-refractivity contribution < 1.29 is 4.79 Å². The highest BCUT2D eigenvalue weighted by Gasteiger charge is 2.14. The molecule has 0 amide bonds. The summed E-state index contributed by atoms with van der Waals surface area (Å²) in [7, 11) is 0. The van der Waals surface area contributed by atoms with Gasteiger partial charge < -0.3 is 4.57 Å². The number of halogens is 1. The van der Waals surface area contributed by atoms with Crippen molar-refractivity contribution in [2.75, 3.05) is 5.33 Å². The van der Waals surface area contributed by atoms with Gasteiger partial charge in [0.2, 0.25) is 0 Å². The number of benzene rings is 1. The number of carbonyl (C=O) groups is 1. The Labute approximate surface area is 135 Å². The van der Waals surface area contributed by atoms with Gasteiger partial charge in [-0.25, -0.2) is 0 Å². The zero-order valence-electron chi connectivity index (χ0n) is 12.8. The molecule has 0 saturated heterocycles. The monoisotopic (exact) mass is 349 g/mol. The average molecular weight is 350 g/mol. The van der Waals surface area contributed by atoms with Crippen molar-refractivity contribution in [3.05, 3.63) is 36.0 Å². The quantitative estimate of drug-likeness (QED) is 0.329. The van der Waals surface area contributed by atoms with Crippen LogP contribution < -0.4 is 0 Å². The third-order valence-electron chi connectivity index (χ3n) is 3.88. The maximum absolute atomic E-state index is 12.5. The fourth-order valence-corrected chi connectivity index (χ4v) is 3.07. The third-order valence-corrected chi connectivity index (χ3v) is 4.44. The number of hydrogen-bond donors (Lipinski definition) is 0. The number of aromatic nitrogens is 1. The van der Waals surface area contributed by atoms with Gasteiger partial charge >= 0.3 is 0 Å². The molecule has 0 bridgehead atoms. The molecule has 1 aromatic heterocycles. The highest BCUT2D eigenvalue weighted by molar-refractivity contribution is 9.09. The summed E-state index contributed by atoms with van der Waals surface area (Å²) in [4.78, 5) is 12.5. The molecule has 2 nitrogen and oxygen atoms in total. The van der Waals surface area contributed by atoms with Crippen LogP contribution in [-0.2, 0) is 6.54 Å². The molecule has 1 heterocycles. The average Bonchev–Trinajstić information content (AvgIpc) is 2.88. The molecule has 0 radical (unpaired) electrons. The summed E-state index contributed by atoms with van der Waals surface area (Å²) in [5.41, 5.74) is 2.09. The van der Waals surface area contributed by atoms with Gasteiger partial charge in [0.15, 0.2) is 5.78 Å². The van der Waals surface area contributed by atoms with Crippen molar-refractivity contribution in [3.8, 4) is 0 Å². The first kappa shape index (κ1) is 16.3. The first-order valence-electron chi connectivity index (χ1n) is 7.95. The lowest BCUT2D eigenvalue weighted by Gasteiger charge is -2.02. The molecule has 0 aliphatic carbocycles. The number of Topliss-reactive ketones (excluding diaryl/α,β-unsaturated/α-hetero) is 1. The van der Waals surface area contributed by atoms with Crippen LogP contribution in [-0.4, -0.2) is 15.7 Å². The number of ketones is 1. The molecule has 0 aliphatic rings. The second-order valence-electron chi connectivity index (χ2n) is 5.53. The Kier molecular flexibility index (Phi) is 6.50. The predicted molar refractivity (Wildman–Crippen MR) is 93.4 cm³/mol. The highest BCUT2D eigenvalue weighted by atomic mass is 79.9. The first-order valence-corrected chi connectivity index (χ1v) is 9.07. The fourth-order valence-electron chi connectivity index (χ4n) is 2.67. The number of unbranched alkanes of at least 4 members (excludes halogenated alkanes) is 3. The summed E-state index contributed by atoms with van der Waals surface area (Å²) in [6.07, 6.45) is 8.29. The lowest BCUT2D eigenvalue weighted by Crippen LogP contribution is -1.99. The van der Waals surface area contributed by atoms with Crippen LogP contribution in [0, 0.1) is 0 Å². The Bertz CT molecular complexity index is 588. The summed E-state index contributed by atoms with van der Waals surface area (Å²) in [6.45, 7) is 3.19. The van der Waals surface area contributed by atoms with Gasteiger partial charge in [-0.2, -0.15) is 0 Å². The molecule has 0 spiro atoms. The van der Waals surface area contributed by atoms with Crippen molar-refractivity contribution in [1.29, 1.82) is 0 Å². The van der Waals surface area contributed by atoms with Crippen LogP contribution in [0.25, 0.3) is 10.9 Å². The number of para-hydroxylation sites is 1. The second-order valence-corrected chi connectivity index (χ2v) is 6.32. The van der Waals surface area contributed by atoms with Crippen LogP contribution >= 0.6 is 15.9 Å². The van der Waals surface area contributed by atoms with Gasteiger partial charge in [0.05, 0.1) is 0 Å². The minimum atomic E-state index is 0.288. The molecule has 0 atom stereocenters. The summed E-state index contributed by atoms with van der Waals surface area (Å²) in [6, 6.07) is 8.26. The van der Waals surface area contributed by atoms with Crippen molar-refractivity contribution in [2.45, 2.75) is 52.0 Å². The van der Waals surface area contributed by atoms with E-state index in [1.54, 1.807) is 0 Å². The second kappa shape index (κ2) is 8.38. The summed E-state index contributed by atoms with van der Waals surface area (Å²) >= 11 is 3.43. The van der Waals surface area contributed by atoms with E-state index in [1.165, 1.54) is 11.9 Å². The van der Waals surface area contributed by atoms with Gasteiger partial charge in [-0.15, -0.1) is 0 Å². The largest absolute Gasteiger partial charge is 0.347 e. The topological polar surface area (TPSA) is 22.0 Å². The standard InChI is InChI=1S/C18H24BrNO/c1-2-3-13-20-14-16(15-9-6-7-10-17(15)20)18(21)11-5-4-8-12-19/h6-7,9-10,14H,2-5,8,11-13H2,1H3. The molecule has 2 rings (SSSR count). The van der Waals surface area contributed by atoms with Gasteiger partial charge in [0.25, 0.3) is 0 Å². The molecule has 0 aliphatic heterocycles. The summed E-state index contributed by atoms with van der Waals surface area (Å²) < 4.78 is 2.24. The van der Waals surface area contributed by atoms with Crippen LogP contribution in [0.4, 0.5) is 0 Å². The van der Waals surface area contributed by atoms with E-state index >= 15 is 0 Å². The van der Waals surface area contributed by atoms with Crippen LogP contribution in [0.2, 0.25) is 0 Å². The van der Waals surface area contributed by atoms with E-state index in [4.69, 9.17) is 0 Å². The molecule has 3 heteroatoms. The molecule has 0 N–H and O–H groups in total. The number of alkyl halides is 1. The van der Waals surface area contributed by atoms with E-state index in [0.717, 1.165) is 48.5 Å². The lowest BCUT2D eigenvalue weighted by molar-refractivity contribution is 0.0980. The molecule has 0 unspecified atom stereocenters. The summed E-state index contributed by atoms with van der Waals surface area (Å²) in [5.74, 6) is 0.288. The fraction of sp³-hybridized carbons (Fsp3) is 0.500. The molecule has 1 aromatic carbocycles. The zero-order valence-corrected chi connectivity index (χ0v) is 14.4. The number of aryl methyl sites for hydroxylation is 1. The Morgan fingerprint density at radius 2 is 1.95 bits per heavy atom. The third kappa shape index (κ3) is 4.19. The molecule has 2 aromatic rings. The Hall–Kier alpha value is -1.09. The van der Waals surface area contributed by atoms with Gasteiger partial charge in [-0.3, -0.25) is 4.79 Å². The van der Waals surface area contributed by atoms with E-state index in [9.17, 15) is 4.79 Å². The van der Waals surface area contributed by atoms with Gasteiger partial charge in [-0.1, -0.05) is 53.9 Å². The zero-order chi connectivity index (χ0) is 15.1. The maximum Gasteiger partial charge on any atom is 0.165 e. The van der Waals surface area contributed by atoms with Crippen LogP contribution in [0.3, 0.4) is 0 Å². The van der Waals surface area contributed by atoms with Crippen LogP contribution in [0.5, 0.6) is 0 Å². The smallest absolute Gasteiger partial charge is 0.165 e. The number of hydrogen-bond acceptors (Lipinski definition) is 1. The normalized spacial score (nSPS) is 11.1.